The summed E-state index contributed by atoms with van der Waals surface area (Å²) < 4.78 is 18.3. The van der Waals surface area contributed by atoms with Gasteiger partial charge in [0.25, 0.3) is 5.91 Å². The van der Waals surface area contributed by atoms with Crippen LogP contribution in [0.1, 0.15) is 38.5 Å². The molecule has 0 aliphatic heterocycles. The summed E-state index contributed by atoms with van der Waals surface area (Å²) in [6.07, 6.45) is 6.83. The summed E-state index contributed by atoms with van der Waals surface area (Å²) in [5.41, 5.74) is 5.98. The van der Waals surface area contributed by atoms with Gasteiger partial charge in [0, 0.05) is 12.1 Å². The largest absolute Gasteiger partial charge is 0.482 e. The highest BCUT2D eigenvalue weighted by Crippen LogP contribution is 2.22. The summed E-state index contributed by atoms with van der Waals surface area (Å²) in [5.74, 6) is -0.403. The minimum atomic E-state index is -0.432. The molecule has 1 aromatic carbocycles. The van der Waals surface area contributed by atoms with E-state index in [1.807, 2.05) is 0 Å². The molecule has 1 fully saturated rings. The molecule has 0 aromatic heterocycles. The molecule has 1 aliphatic rings. The summed E-state index contributed by atoms with van der Waals surface area (Å²) in [6, 6.07) is 4.11. The van der Waals surface area contributed by atoms with Gasteiger partial charge < -0.3 is 15.8 Å². The van der Waals surface area contributed by atoms with Gasteiger partial charge in [-0.05, 0) is 25.0 Å². The van der Waals surface area contributed by atoms with Crippen molar-refractivity contribution in [2.24, 2.45) is 0 Å². The van der Waals surface area contributed by atoms with Crippen molar-refractivity contribution in [3.63, 3.8) is 0 Å². The zero-order valence-corrected chi connectivity index (χ0v) is 11.5. The summed E-state index contributed by atoms with van der Waals surface area (Å²) in [7, 11) is 0. The first-order valence-electron chi connectivity index (χ1n) is 7.12. The van der Waals surface area contributed by atoms with Gasteiger partial charge in [0.05, 0.1) is 5.69 Å². The van der Waals surface area contributed by atoms with Crippen LogP contribution in [-0.4, -0.2) is 18.6 Å². The van der Waals surface area contributed by atoms with Crippen molar-refractivity contribution >= 4 is 11.6 Å². The van der Waals surface area contributed by atoms with Gasteiger partial charge in [-0.2, -0.15) is 0 Å². The van der Waals surface area contributed by atoms with Crippen LogP contribution in [0.3, 0.4) is 0 Å². The van der Waals surface area contributed by atoms with Crippen LogP contribution in [0.15, 0.2) is 18.2 Å². The lowest BCUT2D eigenvalue weighted by atomic mass is 10.1. The maximum atomic E-state index is 13.1. The SMILES string of the molecule is Nc1ccc(F)cc1OCC(=O)NC1CCCCCC1. The van der Waals surface area contributed by atoms with Gasteiger partial charge in [-0.25, -0.2) is 4.39 Å². The summed E-state index contributed by atoms with van der Waals surface area (Å²) in [5, 5.41) is 2.96. The highest BCUT2D eigenvalue weighted by atomic mass is 19.1. The first kappa shape index (κ1) is 14.6. The monoisotopic (exact) mass is 280 g/mol. The highest BCUT2D eigenvalue weighted by Gasteiger charge is 2.15. The molecule has 3 N–H and O–H groups in total. The molecule has 1 aliphatic carbocycles. The lowest BCUT2D eigenvalue weighted by Gasteiger charge is -2.16. The number of nitrogens with one attached hydrogen (secondary N) is 1. The van der Waals surface area contributed by atoms with Gasteiger partial charge in [-0.15, -0.1) is 0 Å². The Kier molecular flexibility index (Phi) is 5.21. The molecule has 110 valence electrons. The van der Waals surface area contributed by atoms with Crippen molar-refractivity contribution in [1.29, 1.82) is 0 Å². The van der Waals surface area contributed by atoms with Gasteiger partial charge in [-0.1, -0.05) is 25.7 Å². The van der Waals surface area contributed by atoms with E-state index in [4.69, 9.17) is 10.5 Å². The third-order valence-electron chi connectivity index (χ3n) is 3.55. The summed E-state index contributed by atoms with van der Waals surface area (Å²) >= 11 is 0. The van der Waals surface area contributed by atoms with Crippen molar-refractivity contribution in [2.45, 2.75) is 44.6 Å². The molecule has 0 atom stereocenters. The lowest BCUT2D eigenvalue weighted by molar-refractivity contribution is -0.123. The predicted molar refractivity (Wildman–Crippen MR) is 75.9 cm³/mol. The normalized spacial score (nSPS) is 16.4. The van der Waals surface area contributed by atoms with Crippen LogP contribution in [0.25, 0.3) is 0 Å². The average Bonchev–Trinajstić information content (AvgIpc) is 2.68. The van der Waals surface area contributed by atoms with Gasteiger partial charge in [0.1, 0.15) is 11.6 Å². The molecule has 2 rings (SSSR count). The molecular weight excluding hydrogens is 259 g/mol. The summed E-state index contributed by atoms with van der Waals surface area (Å²) in [6.45, 7) is -0.135. The molecule has 5 heteroatoms. The Labute approximate surface area is 118 Å². The molecule has 0 bridgehead atoms. The number of ether oxygens (including phenoxy) is 1. The molecule has 0 radical (unpaired) electrons. The van der Waals surface area contributed by atoms with Crippen LogP contribution >= 0.6 is 0 Å². The number of rotatable bonds is 4. The van der Waals surface area contributed by atoms with Gasteiger partial charge in [-0.3, -0.25) is 4.79 Å². The van der Waals surface area contributed by atoms with E-state index >= 15 is 0 Å². The molecular formula is C15H21FN2O2. The number of anilines is 1. The second kappa shape index (κ2) is 7.12. The van der Waals surface area contributed by atoms with E-state index in [-0.39, 0.29) is 24.3 Å². The maximum absolute atomic E-state index is 13.1. The molecule has 1 aromatic rings. The van der Waals surface area contributed by atoms with Gasteiger partial charge in [0.2, 0.25) is 0 Å². The quantitative estimate of drug-likeness (QED) is 0.658. The Bertz CT molecular complexity index is 457. The number of nitrogen functional groups attached to an aromatic ring is 1. The Morgan fingerprint density at radius 1 is 1.30 bits per heavy atom. The van der Waals surface area contributed by atoms with E-state index in [1.54, 1.807) is 0 Å². The molecule has 4 nitrogen and oxygen atoms in total. The minimum absolute atomic E-state index is 0.135. The number of hydrogen-bond acceptors (Lipinski definition) is 3. The number of halogens is 1. The van der Waals surface area contributed by atoms with Crippen LogP contribution in [-0.2, 0) is 4.79 Å². The Hall–Kier alpha value is -1.78. The first-order chi connectivity index (χ1) is 9.65. The third kappa shape index (κ3) is 4.40. The molecule has 0 spiro atoms. The van der Waals surface area contributed by atoms with E-state index in [2.05, 4.69) is 5.32 Å². The second-order valence-electron chi connectivity index (χ2n) is 5.23. The number of amides is 1. The van der Waals surface area contributed by atoms with Crippen molar-refractivity contribution in [3.8, 4) is 5.75 Å². The molecule has 0 heterocycles. The predicted octanol–water partition coefficient (Wildman–Crippen LogP) is 2.63. The van der Waals surface area contributed by atoms with E-state index in [0.717, 1.165) is 25.7 Å². The minimum Gasteiger partial charge on any atom is -0.482 e. The van der Waals surface area contributed by atoms with Crippen LogP contribution in [0, 0.1) is 5.82 Å². The van der Waals surface area contributed by atoms with E-state index in [9.17, 15) is 9.18 Å². The molecule has 20 heavy (non-hydrogen) atoms. The highest BCUT2D eigenvalue weighted by molar-refractivity contribution is 5.78. The first-order valence-corrected chi connectivity index (χ1v) is 7.12. The van der Waals surface area contributed by atoms with E-state index in [1.165, 1.54) is 31.0 Å². The summed E-state index contributed by atoms with van der Waals surface area (Å²) in [4.78, 5) is 11.8. The van der Waals surface area contributed by atoms with Crippen molar-refractivity contribution < 1.29 is 13.9 Å². The van der Waals surface area contributed by atoms with Gasteiger partial charge >= 0.3 is 0 Å². The van der Waals surface area contributed by atoms with Gasteiger partial charge in [0.15, 0.2) is 6.61 Å². The number of hydrogen-bond donors (Lipinski definition) is 2. The molecule has 0 unspecified atom stereocenters. The third-order valence-corrected chi connectivity index (χ3v) is 3.55. The second-order valence-corrected chi connectivity index (χ2v) is 5.23. The van der Waals surface area contributed by atoms with E-state index in [0.29, 0.717) is 5.69 Å². The van der Waals surface area contributed by atoms with Crippen LogP contribution in [0.5, 0.6) is 5.75 Å². The lowest BCUT2D eigenvalue weighted by Crippen LogP contribution is -2.37. The molecule has 1 amide bonds. The topological polar surface area (TPSA) is 64.3 Å². The fourth-order valence-electron chi connectivity index (χ4n) is 2.47. The Morgan fingerprint density at radius 3 is 2.70 bits per heavy atom. The fraction of sp³-hybridized carbons (Fsp3) is 0.533. The molecule has 1 saturated carbocycles. The van der Waals surface area contributed by atoms with E-state index < -0.39 is 5.82 Å². The molecule has 0 saturated heterocycles. The number of nitrogens with two attached hydrogens (primary N) is 1. The Balaban J connectivity index is 1.81. The van der Waals surface area contributed by atoms with Crippen molar-refractivity contribution in [3.05, 3.63) is 24.0 Å². The van der Waals surface area contributed by atoms with Crippen LogP contribution in [0.4, 0.5) is 10.1 Å². The van der Waals surface area contributed by atoms with Crippen LogP contribution < -0.4 is 15.8 Å². The average molecular weight is 280 g/mol. The van der Waals surface area contributed by atoms with Crippen molar-refractivity contribution in [2.75, 3.05) is 12.3 Å². The smallest absolute Gasteiger partial charge is 0.258 e. The number of benzene rings is 1. The zero-order valence-electron chi connectivity index (χ0n) is 11.5. The zero-order chi connectivity index (χ0) is 14.4. The van der Waals surface area contributed by atoms with Crippen molar-refractivity contribution in [1.82, 2.24) is 5.32 Å². The number of carbonyl (C=O) groups is 1. The fourth-order valence-corrected chi connectivity index (χ4v) is 2.47. The van der Waals surface area contributed by atoms with Crippen LogP contribution in [0.2, 0.25) is 0 Å². The standard InChI is InChI=1S/C15H21FN2O2/c16-11-7-8-13(17)14(9-11)20-10-15(19)18-12-5-3-1-2-4-6-12/h7-9,12H,1-6,10,17H2,(H,18,19). The maximum Gasteiger partial charge on any atom is 0.258 e. The Morgan fingerprint density at radius 2 is 2.00 bits per heavy atom. The number of carbonyl (C=O) groups excluding carboxylic acids is 1.